The van der Waals surface area contributed by atoms with Gasteiger partial charge in [0.05, 0.1) is 0 Å². The van der Waals surface area contributed by atoms with Gasteiger partial charge in [-0.1, -0.05) is 0 Å². The van der Waals surface area contributed by atoms with E-state index in [4.69, 9.17) is 5.11 Å². The number of aromatic amines is 1. The number of carboxylic acid groups (broad SMARTS) is 1. The van der Waals surface area contributed by atoms with Crippen LogP contribution in [0, 0.1) is 5.92 Å². The number of H-pyrrole nitrogens is 1. The molecule has 1 saturated carbocycles. The quantitative estimate of drug-likeness (QED) is 0.753. The van der Waals surface area contributed by atoms with Crippen molar-refractivity contribution >= 4 is 5.97 Å². The largest absolute Gasteiger partial charge is 0.477 e. The van der Waals surface area contributed by atoms with E-state index in [0.29, 0.717) is 5.92 Å². The fraction of sp³-hybridized carbons (Fsp3) is 0.400. The molecule has 0 bridgehead atoms. The van der Waals surface area contributed by atoms with Crippen molar-refractivity contribution in [2.24, 2.45) is 5.92 Å². The first-order valence-corrected chi connectivity index (χ1v) is 4.61. The minimum absolute atomic E-state index is 0.0202. The van der Waals surface area contributed by atoms with E-state index < -0.39 is 5.97 Å². The molecule has 4 nitrogen and oxygen atoms in total. The van der Waals surface area contributed by atoms with E-state index >= 15 is 0 Å². The first kappa shape index (κ1) is 8.99. The third-order valence-corrected chi connectivity index (χ3v) is 2.33. The van der Waals surface area contributed by atoms with Crippen LogP contribution in [0.3, 0.4) is 0 Å². The lowest BCUT2D eigenvalue weighted by Gasteiger charge is -2.01. The van der Waals surface area contributed by atoms with Gasteiger partial charge in [0, 0.05) is 17.8 Å². The molecule has 1 aliphatic carbocycles. The number of aromatic nitrogens is 1. The average Bonchev–Trinajstić information content (AvgIpc) is 2.87. The maximum absolute atomic E-state index is 11.1. The molecule has 0 saturated heterocycles. The van der Waals surface area contributed by atoms with Gasteiger partial charge >= 0.3 is 5.97 Å². The topological polar surface area (TPSA) is 70.2 Å². The van der Waals surface area contributed by atoms with Crippen LogP contribution < -0.4 is 5.43 Å². The van der Waals surface area contributed by atoms with Gasteiger partial charge in [-0.3, -0.25) is 4.79 Å². The maximum Gasteiger partial charge on any atom is 0.352 e. The van der Waals surface area contributed by atoms with Gasteiger partial charge < -0.3 is 10.1 Å². The van der Waals surface area contributed by atoms with Crippen LogP contribution in [0.5, 0.6) is 0 Å². The fourth-order valence-electron chi connectivity index (χ4n) is 1.46. The molecule has 0 atom stereocenters. The Labute approximate surface area is 80.6 Å². The second-order valence-corrected chi connectivity index (χ2v) is 3.71. The van der Waals surface area contributed by atoms with Crippen molar-refractivity contribution in [1.29, 1.82) is 0 Å². The Morgan fingerprint density at radius 2 is 2.21 bits per heavy atom. The molecule has 0 amide bonds. The Morgan fingerprint density at radius 3 is 2.79 bits per heavy atom. The van der Waals surface area contributed by atoms with Crippen LogP contribution >= 0.6 is 0 Å². The van der Waals surface area contributed by atoms with Crippen molar-refractivity contribution in [2.75, 3.05) is 0 Å². The van der Waals surface area contributed by atoms with Crippen LogP contribution in [0.25, 0.3) is 0 Å². The van der Waals surface area contributed by atoms with E-state index in [0.717, 1.165) is 18.2 Å². The highest BCUT2D eigenvalue weighted by atomic mass is 16.4. The molecule has 1 heterocycles. The van der Waals surface area contributed by atoms with Gasteiger partial charge in [0.15, 0.2) is 5.43 Å². The van der Waals surface area contributed by atoms with Gasteiger partial charge in [0.25, 0.3) is 0 Å². The number of aromatic carboxylic acids is 1. The van der Waals surface area contributed by atoms with E-state index in [1.54, 1.807) is 0 Å². The molecule has 1 aliphatic rings. The van der Waals surface area contributed by atoms with Crippen LogP contribution in [-0.2, 0) is 6.42 Å². The summed E-state index contributed by atoms with van der Waals surface area (Å²) in [5.74, 6) is -0.450. The summed E-state index contributed by atoms with van der Waals surface area (Å²) >= 11 is 0. The van der Waals surface area contributed by atoms with E-state index in [-0.39, 0.29) is 11.1 Å². The van der Waals surface area contributed by atoms with E-state index in [2.05, 4.69) is 4.98 Å². The number of nitrogens with one attached hydrogen (secondary N) is 1. The minimum atomic E-state index is -1.08. The highest BCUT2D eigenvalue weighted by Crippen LogP contribution is 2.31. The molecule has 0 unspecified atom stereocenters. The molecule has 1 aromatic rings. The van der Waals surface area contributed by atoms with Crippen LogP contribution in [0.2, 0.25) is 0 Å². The molecular weight excluding hydrogens is 182 g/mol. The van der Waals surface area contributed by atoms with Gasteiger partial charge in [-0.05, 0) is 25.2 Å². The Balaban J connectivity index is 2.30. The molecule has 0 aliphatic heterocycles. The summed E-state index contributed by atoms with van der Waals surface area (Å²) in [4.78, 5) is 24.5. The third-order valence-electron chi connectivity index (χ3n) is 2.33. The van der Waals surface area contributed by atoms with Crippen molar-refractivity contribution < 1.29 is 9.90 Å². The van der Waals surface area contributed by atoms with Crippen LogP contribution in [-0.4, -0.2) is 16.1 Å². The molecule has 74 valence electrons. The minimum Gasteiger partial charge on any atom is -0.477 e. The summed E-state index contributed by atoms with van der Waals surface area (Å²) in [5.41, 5.74) is 0.474. The Bertz CT molecular complexity index is 418. The highest BCUT2D eigenvalue weighted by Gasteiger charge is 2.22. The van der Waals surface area contributed by atoms with Gasteiger partial charge in [-0.2, -0.15) is 0 Å². The van der Waals surface area contributed by atoms with Crippen LogP contribution in [0.4, 0.5) is 0 Å². The predicted octanol–water partition coefficient (Wildman–Crippen LogP) is 1.03. The molecule has 1 fully saturated rings. The Hall–Kier alpha value is -1.58. The first-order chi connectivity index (χ1) is 6.65. The summed E-state index contributed by atoms with van der Waals surface area (Å²) in [7, 11) is 0. The van der Waals surface area contributed by atoms with E-state index in [1.807, 2.05) is 0 Å². The number of carboxylic acids is 1. The number of rotatable bonds is 3. The Kier molecular flexibility index (Phi) is 2.11. The van der Waals surface area contributed by atoms with Crippen molar-refractivity contribution in [3.8, 4) is 0 Å². The number of hydrogen-bond donors (Lipinski definition) is 2. The zero-order chi connectivity index (χ0) is 10.1. The van der Waals surface area contributed by atoms with E-state index in [1.165, 1.54) is 18.9 Å². The Morgan fingerprint density at radius 1 is 1.50 bits per heavy atom. The predicted molar refractivity (Wildman–Crippen MR) is 50.5 cm³/mol. The van der Waals surface area contributed by atoms with Crippen LogP contribution in [0.1, 0.15) is 29.0 Å². The van der Waals surface area contributed by atoms with Gasteiger partial charge in [0.2, 0.25) is 0 Å². The summed E-state index contributed by atoms with van der Waals surface area (Å²) in [6.45, 7) is 0. The van der Waals surface area contributed by atoms with Crippen molar-refractivity contribution in [3.05, 3.63) is 33.7 Å². The number of pyridine rings is 1. The van der Waals surface area contributed by atoms with Gasteiger partial charge in [0.1, 0.15) is 5.69 Å². The monoisotopic (exact) mass is 193 g/mol. The summed E-state index contributed by atoms with van der Waals surface area (Å²) in [6.07, 6.45) is 3.15. The molecular formula is C10H11NO3. The SMILES string of the molecule is O=C(O)c1cc(=O)cc(CC2CC2)[nH]1. The zero-order valence-electron chi connectivity index (χ0n) is 7.62. The molecule has 2 rings (SSSR count). The number of hydrogen-bond acceptors (Lipinski definition) is 2. The van der Waals surface area contributed by atoms with Crippen molar-refractivity contribution in [3.63, 3.8) is 0 Å². The lowest BCUT2D eigenvalue weighted by molar-refractivity contribution is 0.0690. The molecule has 2 N–H and O–H groups in total. The lowest BCUT2D eigenvalue weighted by Crippen LogP contribution is -2.11. The number of carbonyl (C=O) groups is 1. The smallest absolute Gasteiger partial charge is 0.352 e. The summed E-state index contributed by atoms with van der Waals surface area (Å²) < 4.78 is 0. The first-order valence-electron chi connectivity index (χ1n) is 4.61. The second-order valence-electron chi connectivity index (χ2n) is 3.71. The van der Waals surface area contributed by atoms with Crippen molar-refractivity contribution in [2.45, 2.75) is 19.3 Å². The summed E-state index contributed by atoms with van der Waals surface area (Å²) in [6, 6.07) is 2.59. The molecule has 1 aromatic heterocycles. The molecule has 4 heteroatoms. The van der Waals surface area contributed by atoms with E-state index in [9.17, 15) is 9.59 Å². The van der Waals surface area contributed by atoms with Crippen molar-refractivity contribution in [1.82, 2.24) is 4.98 Å². The third kappa shape index (κ3) is 2.02. The average molecular weight is 193 g/mol. The molecule has 14 heavy (non-hydrogen) atoms. The van der Waals surface area contributed by atoms with Gasteiger partial charge in [-0.15, -0.1) is 0 Å². The summed E-state index contributed by atoms with van der Waals surface area (Å²) in [5, 5.41) is 8.71. The molecule has 0 radical (unpaired) electrons. The second kappa shape index (κ2) is 3.29. The highest BCUT2D eigenvalue weighted by molar-refractivity contribution is 5.85. The molecule has 0 aromatic carbocycles. The molecule has 0 spiro atoms. The zero-order valence-corrected chi connectivity index (χ0v) is 7.62. The van der Waals surface area contributed by atoms with Gasteiger partial charge in [-0.25, -0.2) is 4.79 Å². The van der Waals surface area contributed by atoms with Crippen LogP contribution in [0.15, 0.2) is 16.9 Å². The fourth-order valence-corrected chi connectivity index (χ4v) is 1.46. The lowest BCUT2D eigenvalue weighted by atomic mass is 10.2. The normalized spacial score (nSPS) is 15.4. The maximum atomic E-state index is 11.1. The standard InChI is InChI=1S/C10H11NO3/c12-8-4-7(3-6-1-2-6)11-9(5-8)10(13)14/h4-6H,1-3H2,(H,11,12)(H,13,14).